The molecule has 0 amide bonds. The summed E-state index contributed by atoms with van der Waals surface area (Å²) >= 11 is 6.62. The standard InChI is InChI=1S/C31H22ClP/c32-23-20-21-28-27-18-10-11-19-29(27)31(30(28)22-23)33(24-12-4-1-5-13-24,25-14-6-2-7-15-25)26-16-8-3-9-17-26/h1-22H. The average Bonchev–Trinajstić information content (AvgIpc) is 3.20. The summed E-state index contributed by atoms with van der Waals surface area (Å²) in [4.78, 5) is 0. The first-order valence-electron chi connectivity index (χ1n) is 11.1. The van der Waals surface area contributed by atoms with Crippen LogP contribution in [0.15, 0.2) is 133 Å². The van der Waals surface area contributed by atoms with E-state index in [1.54, 1.807) is 0 Å². The van der Waals surface area contributed by atoms with Gasteiger partial charge in [-0.3, -0.25) is 0 Å². The maximum Gasteiger partial charge on any atom is 0.0412 e. The van der Waals surface area contributed by atoms with Crippen molar-refractivity contribution in [2.75, 3.05) is 0 Å². The Kier molecular flexibility index (Phi) is 5.07. The fraction of sp³-hybridized carbons (Fsp3) is 0. The van der Waals surface area contributed by atoms with Gasteiger partial charge in [-0.25, -0.2) is 0 Å². The SMILES string of the molecule is Clc1ccc2c(c1)C(=P(c1ccccc1)(c1ccccc1)c1ccccc1)c1ccccc1-2. The van der Waals surface area contributed by atoms with Gasteiger partial charge in [0.25, 0.3) is 0 Å². The molecular formula is C31H22ClP. The van der Waals surface area contributed by atoms with Crippen molar-refractivity contribution in [2.24, 2.45) is 0 Å². The summed E-state index contributed by atoms with van der Waals surface area (Å²) in [6, 6.07) is 48.2. The van der Waals surface area contributed by atoms with Crippen molar-refractivity contribution in [3.8, 4) is 11.1 Å². The lowest BCUT2D eigenvalue weighted by molar-refractivity contribution is 1.64. The summed E-state index contributed by atoms with van der Waals surface area (Å²) in [6.07, 6.45) is 0. The van der Waals surface area contributed by atoms with E-state index in [2.05, 4.69) is 127 Å². The minimum atomic E-state index is -2.23. The van der Waals surface area contributed by atoms with Crippen molar-refractivity contribution in [1.82, 2.24) is 0 Å². The topological polar surface area (TPSA) is 0 Å². The first-order valence-corrected chi connectivity index (χ1v) is 13.3. The summed E-state index contributed by atoms with van der Waals surface area (Å²) in [5, 5.41) is 6.20. The van der Waals surface area contributed by atoms with Crippen LogP contribution in [0.3, 0.4) is 0 Å². The van der Waals surface area contributed by atoms with E-state index in [-0.39, 0.29) is 0 Å². The highest BCUT2D eigenvalue weighted by atomic mass is 35.5. The second-order valence-corrected chi connectivity index (χ2v) is 12.0. The van der Waals surface area contributed by atoms with Gasteiger partial charge in [0.15, 0.2) is 0 Å². The third kappa shape index (κ3) is 3.14. The molecular weight excluding hydrogens is 439 g/mol. The highest BCUT2D eigenvalue weighted by Crippen LogP contribution is 2.54. The Labute approximate surface area is 200 Å². The largest absolute Gasteiger partial charge is 0.0843 e. The highest BCUT2D eigenvalue weighted by Gasteiger charge is 2.36. The summed E-state index contributed by atoms with van der Waals surface area (Å²) in [5.74, 6) is 0. The number of hydrogen-bond acceptors (Lipinski definition) is 0. The Morgan fingerprint density at radius 1 is 0.394 bits per heavy atom. The number of fused-ring (bicyclic) bond motifs is 3. The zero-order valence-corrected chi connectivity index (χ0v) is 19.7. The van der Waals surface area contributed by atoms with Crippen molar-refractivity contribution in [2.45, 2.75) is 0 Å². The Bertz CT molecular complexity index is 1400. The molecule has 0 radical (unpaired) electrons. The zero-order valence-electron chi connectivity index (χ0n) is 18.0. The molecule has 0 unspecified atom stereocenters. The van der Waals surface area contributed by atoms with Crippen LogP contribution >= 0.6 is 18.5 Å². The molecule has 0 atom stereocenters. The Balaban J connectivity index is 1.94. The first-order chi connectivity index (χ1) is 16.3. The predicted molar refractivity (Wildman–Crippen MR) is 145 cm³/mol. The average molecular weight is 461 g/mol. The van der Waals surface area contributed by atoms with Gasteiger partial charge in [0, 0.05) is 10.3 Å². The molecule has 0 bridgehead atoms. The van der Waals surface area contributed by atoms with Gasteiger partial charge in [-0.15, -0.1) is 0 Å². The van der Waals surface area contributed by atoms with Gasteiger partial charge in [-0.05, 0) is 57.2 Å². The quantitative estimate of drug-likeness (QED) is 0.252. The number of benzene rings is 5. The third-order valence-corrected chi connectivity index (χ3v) is 11.1. The molecule has 0 heterocycles. The molecule has 0 N–H and O–H groups in total. The maximum atomic E-state index is 6.62. The highest BCUT2D eigenvalue weighted by molar-refractivity contribution is 7.96. The van der Waals surface area contributed by atoms with E-state index in [0.29, 0.717) is 0 Å². The van der Waals surface area contributed by atoms with Crippen LogP contribution in [0.5, 0.6) is 0 Å². The minimum Gasteiger partial charge on any atom is -0.0843 e. The van der Waals surface area contributed by atoms with Gasteiger partial charge >= 0.3 is 0 Å². The minimum absolute atomic E-state index is 0.770. The molecule has 0 aromatic heterocycles. The van der Waals surface area contributed by atoms with Crippen LogP contribution in [-0.4, -0.2) is 5.29 Å². The molecule has 0 spiro atoms. The van der Waals surface area contributed by atoms with Crippen molar-refractivity contribution < 1.29 is 0 Å². The number of hydrogen-bond donors (Lipinski definition) is 0. The Morgan fingerprint density at radius 2 is 0.818 bits per heavy atom. The van der Waals surface area contributed by atoms with Crippen molar-refractivity contribution in [3.05, 3.63) is 150 Å². The van der Waals surface area contributed by atoms with Gasteiger partial charge in [-0.2, -0.15) is 0 Å². The number of halogens is 1. The maximum absolute atomic E-state index is 6.62. The van der Waals surface area contributed by atoms with Crippen LogP contribution < -0.4 is 15.9 Å². The molecule has 1 aliphatic rings. The lowest BCUT2D eigenvalue weighted by Crippen LogP contribution is -2.30. The van der Waals surface area contributed by atoms with Gasteiger partial charge in [0.1, 0.15) is 0 Å². The molecule has 5 aromatic rings. The molecule has 6 rings (SSSR count). The summed E-state index contributed by atoms with van der Waals surface area (Å²) in [6.45, 7) is -2.23. The third-order valence-electron chi connectivity index (χ3n) is 6.47. The van der Waals surface area contributed by atoms with E-state index in [9.17, 15) is 0 Å². The van der Waals surface area contributed by atoms with Crippen LogP contribution in [0.25, 0.3) is 11.1 Å². The van der Waals surface area contributed by atoms with Gasteiger partial charge < -0.3 is 0 Å². The lowest BCUT2D eigenvalue weighted by Gasteiger charge is -2.32. The molecule has 33 heavy (non-hydrogen) atoms. The van der Waals surface area contributed by atoms with Crippen molar-refractivity contribution in [1.29, 1.82) is 0 Å². The van der Waals surface area contributed by atoms with Gasteiger partial charge in [-0.1, -0.05) is 133 Å². The van der Waals surface area contributed by atoms with Gasteiger partial charge in [0.2, 0.25) is 0 Å². The molecule has 0 nitrogen and oxygen atoms in total. The van der Waals surface area contributed by atoms with Crippen molar-refractivity contribution in [3.63, 3.8) is 0 Å². The molecule has 1 aliphatic carbocycles. The predicted octanol–water partition coefficient (Wildman–Crippen LogP) is 6.88. The Morgan fingerprint density at radius 3 is 1.33 bits per heavy atom. The van der Waals surface area contributed by atoms with Crippen LogP contribution in [-0.2, 0) is 0 Å². The summed E-state index contributed by atoms with van der Waals surface area (Å²) in [7, 11) is 0. The van der Waals surface area contributed by atoms with E-state index in [1.807, 2.05) is 6.07 Å². The normalized spacial score (nSPS) is 12.3. The molecule has 0 fully saturated rings. The summed E-state index contributed by atoms with van der Waals surface area (Å²) < 4.78 is 0. The lowest BCUT2D eigenvalue weighted by atomic mass is 10.1. The molecule has 158 valence electrons. The Hall–Kier alpha value is -3.31. The molecule has 0 aliphatic heterocycles. The zero-order chi connectivity index (χ0) is 22.3. The van der Waals surface area contributed by atoms with Crippen molar-refractivity contribution >= 4 is 39.7 Å². The molecule has 5 aromatic carbocycles. The summed E-state index contributed by atoms with van der Waals surface area (Å²) in [5.41, 5.74) is 5.09. The molecule has 2 heteroatoms. The fourth-order valence-electron chi connectivity index (χ4n) is 5.17. The van der Waals surface area contributed by atoms with Crippen LogP contribution in [0.2, 0.25) is 5.02 Å². The van der Waals surface area contributed by atoms with E-state index in [0.717, 1.165) is 5.02 Å². The smallest absolute Gasteiger partial charge is 0.0412 e. The second-order valence-electron chi connectivity index (χ2n) is 8.26. The molecule has 0 saturated heterocycles. The van der Waals surface area contributed by atoms with Crippen LogP contribution in [0.4, 0.5) is 0 Å². The monoisotopic (exact) mass is 460 g/mol. The molecule has 0 saturated carbocycles. The first kappa shape index (κ1) is 20.3. The van der Waals surface area contributed by atoms with Crippen LogP contribution in [0.1, 0.15) is 11.1 Å². The van der Waals surface area contributed by atoms with E-state index < -0.39 is 6.89 Å². The van der Waals surface area contributed by atoms with Gasteiger partial charge in [0.05, 0.1) is 0 Å². The van der Waals surface area contributed by atoms with E-state index in [1.165, 1.54) is 43.5 Å². The second kappa shape index (κ2) is 8.23. The van der Waals surface area contributed by atoms with E-state index in [4.69, 9.17) is 11.6 Å². The number of rotatable bonds is 3. The fourth-order valence-corrected chi connectivity index (χ4v) is 9.97. The van der Waals surface area contributed by atoms with E-state index >= 15 is 0 Å². The van der Waals surface area contributed by atoms with Crippen LogP contribution in [0, 0.1) is 0 Å².